The van der Waals surface area contributed by atoms with Gasteiger partial charge in [0.2, 0.25) is 0 Å². The molecule has 3 heteroatoms. The summed E-state index contributed by atoms with van der Waals surface area (Å²) in [5.74, 6) is 0.904. The van der Waals surface area contributed by atoms with Crippen molar-refractivity contribution in [2.75, 3.05) is 20.2 Å². The SMILES string of the molecule is CCN(CC)C(CC)(CC)C(N)Cc1cccc(OC)c1. The molecule has 2 N–H and O–H groups in total. The molecule has 1 atom stereocenters. The summed E-state index contributed by atoms with van der Waals surface area (Å²) in [5, 5.41) is 0. The van der Waals surface area contributed by atoms with Crippen LogP contribution in [0, 0.1) is 0 Å². The summed E-state index contributed by atoms with van der Waals surface area (Å²) in [4.78, 5) is 2.53. The standard InChI is InChI=1S/C18H32N2O/c1-6-18(7-2,20(8-3)9-4)17(19)14-15-11-10-12-16(13-15)21-5/h10-13,17H,6-9,14,19H2,1-5H3. The van der Waals surface area contributed by atoms with E-state index in [1.54, 1.807) is 7.11 Å². The van der Waals surface area contributed by atoms with Crippen LogP contribution >= 0.6 is 0 Å². The van der Waals surface area contributed by atoms with E-state index in [4.69, 9.17) is 10.5 Å². The molecule has 0 heterocycles. The lowest BCUT2D eigenvalue weighted by molar-refractivity contribution is 0.0628. The second-order valence-corrected chi connectivity index (χ2v) is 5.65. The van der Waals surface area contributed by atoms with Crippen LogP contribution < -0.4 is 10.5 Å². The van der Waals surface area contributed by atoms with Crippen LogP contribution in [0.15, 0.2) is 24.3 Å². The zero-order chi connectivity index (χ0) is 15.9. The normalized spacial score (nSPS) is 13.5. The minimum absolute atomic E-state index is 0.0760. The fourth-order valence-electron chi connectivity index (χ4n) is 3.55. The topological polar surface area (TPSA) is 38.5 Å². The second-order valence-electron chi connectivity index (χ2n) is 5.65. The Hall–Kier alpha value is -1.06. The second kappa shape index (κ2) is 8.40. The zero-order valence-electron chi connectivity index (χ0n) is 14.4. The van der Waals surface area contributed by atoms with Gasteiger partial charge >= 0.3 is 0 Å². The third-order valence-electron chi connectivity index (χ3n) is 4.90. The number of hydrogen-bond acceptors (Lipinski definition) is 3. The van der Waals surface area contributed by atoms with Crippen LogP contribution in [0.3, 0.4) is 0 Å². The van der Waals surface area contributed by atoms with Crippen LogP contribution in [0.25, 0.3) is 0 Å². The van der Waals surface area contributed by atoms with E-state index >= 15 is 0 Å². The van der Waals surface area contributed by atoms with Crippen molar-refractivity contribution >= 4 is 0 Å². The van der Waals surface area contributed by atoms with Crippen LogP contribution in [0.5, 0.6) is 5.75 Å². The fraction of sp³-hybridized carbons (Fsp3) is 0.667. The van der Waals surface area contributed by atoms with Crippen LogP contribution in [0.1, 0.15) is 46.1 Å². The minimum atomic E-state index is 0.0760. The number of hydrogen-bond donors (Lipinski definition) is 1. The van der Waals surface area contributed by atoms with E-state index in [1.165, 1.54) is 5.56 Å². The van der Waals surface area contributed by atoms with Crippen molar-refractivity contribution < 1.29 is 4.74 Å². The molecule has 1 aromatic rings. The van der Waals surface area contributed by atoms with Crippen molar-refractivity contribution in [3.8, 4) is 5.75 Å². The highest BCUT2D eigenvalue weighted by Gasteiger charge is 2.37. The van der Waals surface area contributed by atoms with E-state index in [9.17, 15) is 0 Å². The van der Waals surface area contributed by atoms with Gasteiger partial charge in [0.15, 0.2) is 0 Å². The summed E-state index contributed by atoms with van der Waals surface area (Å²) in [5.41, 5.74) is 7.99. The first kappa shape index (κ1) is 18.0. The van der Waals surface area contributed by atoms with E-state index in [0.717, 1.165) is 38.1 Å². The molecule has 3 nitrogen and oxygen atoms in total. The van der Waals surface area contributed by atoms with Crippen molar-refractivity contribution in [2.24, 2.45) is 5.73 Å². The third kappa shape index (κ3) is 3.98. The predicted octanol–water partition coefficient (Wildman–Crippen LogP) is 3.47. The lowest BCUT2D eigenvalue weighted by atomic mass is 9.80. The average molecular weight is 292 g/mol. The van der Waals surface area contributed by atoms with Gasteiger partial charge in [-0.1, -0.05) is 39.8 Å². The van der Waals surface area contributed by atoms with Gasteiger partial charge in [0.05, 0.1) is 7.11 Å². The quantitative estimate of drug-likeness (QED) is 0.757. The van der Waals surface area contributed by atoms with Gasteiger partial charge in [0, 0.05) is 11.6 Å². The third-order valence-corrected chi connectivity index (χ3v) is 4.90. The minimum Gasteiger partial charge on any atom is -0.497 e. The van der Waals surface area contributed by atoms with Crippen LogP contribution in [0.4, 0.5) is 0 Å². The molecule has 0 spiro atoms. The molecule has 0 radical (unpaired) electrons. The fourth-order valence-corrected chi connectivity index (χ4v) is 3.55. The van der Waals surface area contributed by atoms with Crippen molar-refractivity contribution in [2.45, 2.75) is 58.5 Å². The Kier molecular flexibility index (Phi) is 7.20. The molecule has 0 bridgehead atoms. The highest BCUT2D eigenvalue weighted by atomic mass is 16.5. The molecule has 1 aromatic carbocycles. The number of ether oxygens (including phenoxy) is 1. The Bertz CT molecular complexity index is 411. The molecular weight excluding hydrogens is 260 g/mol. The zero-order valence-corrected chi connectivity index (χ0v) is 14.4. The predicted molar refractivity (Wildman–Crippen MR) is 90.9 cm³/mol. The van der Waals surface area contributed by atoms with Crippen molar-refractivity contribution in [1.82, 2.24) is 4.90 Å². The molecular formula is C18H32N2O. The summed E-state index contributed by atoms with van der Waals surface area (Å²) in [7, 11) is 1.71. The number of nitrogens with zero attached hydrogens (tertiary/aromatic N) is 1. The van der Waals surface area contributed by atoms with Crippen molar-refractivity contribution in [3.05, 3.63) is 29.8 Å². The van der Waals surface area contributed by atoms with Gasteiger partial charge in [-0.15, -0.1) is 0 Å². The maximum atomic E-state index is 6.67. The summed E-state index contributed by atoms with van der Waals surface area (Å²) < 4.78 is 5.31. The smallest absolute Gasteiger partial charge is 0.119 e. The number of methoxy groups -OCH3 is 1. The molecule has 0 saturated heterocycles. The highest BCUT2D eigenvalue weighted by Crippen LogP contribution is 2.29. The van der Waals surface area contributed by atoms with Gasteiger partial charge in [-0.25, -0.2) is 0 Å². The Morgan fingerprint density at radius 1 is 1.14 bits per heavy atom. The molecule has 120 valence electrons. The average Bonchev–Trinajstić information content (AvgIpc) is 2.52. The van der Waals surface area contributed by atoms with Gasteiger partial charge in [-0.3, -0.25) is 4.90 Å². The van der Waals surface area contributed by atoms with Crippen molar-refractivity contribution in [3.63, 3.8) is 0 Å². The largest absolute Gasteiger partial charge is 0.497 e. The highest BCUT2D eigenvalue weighted by molar-refractivity contribution is 5.29. The van der Waals surface area contributed by atoms with Crippen LogP contribution in [0.2, 0.25) is 0 Å². The molecule has 0 aliphatic carbocycles. The van der Waals surface area contributed by atoms with Crippen LogP contribution in [-0.2, 0) is 6.42 Å². The molecule has 0 aromatic heterocycles. The Morgan fingerprint density at radius 2 is 1.76 bits per heavy atom. The monoisotopic (exact) mass is 292 g/mol. The summed E-state index contributed by atoms with van der Waals surface area (Å²) >= 11 is 0. The first-order valence-corrected chi connectivity index (χ1v) is 8.21. The lowest BCUT2D eigenvalue weighted by Crippen LogP contribution is -2.60. The van der Waals surface area contributed by atoms with E-state index in [0.29, 0.717) is 0 Å². The summed E-state index contributed by atoms with van der Waals surface area (Å²) in [6.07, 6.45) is 3.04. The van der Waals surface area contributed by atoms with Crippen LogP contribution in [-0.4, -0.2) is 36.7 Å². The number of likely N-dealkylation sites (N-methyl/N-ethyl adjacent to an activating group) is 1. The molecule has 0 saturated carbocycles. The molecule has 21 heavy (non-hydrogen) atoms. The Labute approximate surface area is 130 Å². The van der Waals surface area contributed by atoms with E-state index in [2.05, 4.69) is 44.7 Å². The van der Waals surface area contributed by atoms with Gasteiger partial charge in [0.25, 0.3) is 0 Å². The summed E-state index contributed by atoms with van der Waals surface area (Å²) in [6, 6.07) is 8.38. The lowest BCUT2D eigenvalue weighted by Gasteiger charge is -2.46. The maximum absolute atomic E-state index is 6.67. The summed E-state index contributed by atoms with van der Waals surface area (Å²) in [6.45, 7) is 11.1. The van der Waals surface area contributed by atoms with Gasteiger partial charge in [-0.2, -0.15) is 0 Å². The van der Waals surface area contributed by atoms with Gasteiger partial charge in [-0.05, 0) is 50.0 Å². The first-order valence-electron chi connectivity index (χ1n) is 8.21. The molecule has 0 fully saturated rings. The number of rotatable bonds is 9. The molecule has 1 unspecified atom stereocenters. The molecule has 1 rings (SSSR count). The van der Waals surface area contributed by atoms with E-state index < -0.39 is 0 Å². The van der Waals surface area contributed by atoms with E-state index in [1.807, 2.05) is 12.1 Å². The molecule has 0 amide bonds. The van der Waals surface area contributed by atoms with E-state index in [-0.39, 0.29) is 11.6 Å². The van der Waals surface area contributed by atoms with Gasteiger partial charge < -0.3 is 10.5 Å². The maximum Gasteiger partial charge on any atom is 0.119 e. The number of benzene rings is 1. The molecule has 0 aliphatic rings. The Balaban J connectivity index is 2.97. The van der Waals surface area contributed by atoms with Crippen molar-refractivity contribution in [1.29, 1.82) is 0 Å². The van der Waals surface area contributed by atoms with Gasteiger partial charge in [0.1, 0.15) is 5.75 Å². The Morgan fingerprint density at radius 3 is 2.24 bits per heavy atom. The first-order chi connectivity index (χ1) is 10.1. The number of nitrogens with two attached hydrogens (primary N) is 1. The molecule has 0 aliphatic heterocycles.